The van der Waals surface area contributed by atoms with Crippen LogP contribution < -0.4 is 10.5 Å². The van der Waals surface area contributed by atoms with Crippen molar-refractivity contribution in [3.8, 4) is 0 Å². The van der Waals surface area contributed by atoms with Gasteiger partial charge in [0.15, 0.2) is 0 Å². The van der Waals surface area contributed by atoms with Gasteiger partial charge in [0.2, 0.25) is 10.0 Å². The van der Waals surface area contributed by atoms with E-state index in [9.17, 15) is 8.42 Å². The lowest BCUT2D eigenvalue weighted by molar-refractivity contribution is 0.567. The zero-order valence-corrected chi connectivity index (χ0v) is 12.3. The van der Waals surface area contributed by atoms with Gasteiger partial charge in [0.1, 0.15) is 0 Å². The highest BCUT2D eigenvalue weighted by Crippen LogP contribution is 2.23. The number of aromatic nitrogens is 1. The number of benzene rings is 1. The maximum absolute atomic E-state index is 12.3. The lowest BCUT2D eigenvalue weighted by atomic mass is 10.1. The van der Waals surface area contributed by atoms with Gasteiger partial charge < -0.3 is 5.73 Å². The molecule has 0 aliphatic rings. The number of anilines is 1. The Morgan fingerprint density at radius 3 is 2.50 bits per heavy atom. The van der Waals surface area contributed by atoms with Gasteiger partial charge >= 0.3 is 0 Å². The van der Waals surface area contributed by atoms with Gasteiger partial charge in [-0.2, -0.15) is 0 Å². The molecule has 0 bridgehead atoms. The van der Waals surface area contributed by atoms with Crippen molar-refractivity contribution in [1.29, 1.82) is 0 Å². The number of rotatable bonds is 4. The average molecular weight is 312 g/mol. The first-order chi connectivity index (χ1) is 9.40. The van der Waals surface area contributed by atoms with E-state index in [1.807, 2.05) is 0 Å². The molecule has 0 aliphatic heterocycles. The van der Waals surface area contributed by atoms with Gasteiger partial charge in [-0.15, -0.1) is 0 Å². The summed E-state index contributed by atoms with van der Waals surface area (Å²) in [5.74, 6) is 0. The van der Waals surface area contributed by atoms with E-state index in [0.717, 1.165) is 5.56 Å². The van der Waals surface area contributed by atoms with Crippen molar-refractivity contribution in [2.24, 2.45) is 0 Å². The van der Waals surface area contributed by atoms with Crippen molar-refractivity contribution in [2.45, 2.75) is 17.9 Å². The molecule has 0 fully saturated rings. The summed E-state index contributed by atoms with van der Waals surface area (Å²) < 4.78 is 27.1. The zero-order chi connectivity index (χ0) is 14.8. The van der Waals surface area contributed by atoms with E-state index in [1.54, 1.807) is 31.5 Å². The first-order valence-electron chi connectivity index (χ1n) is 5.87. The summed E-state index contributed by atoms with van der Waals surface area (Å²) in [7, 11) is -3.66. The number of pyridine rings is 1. The van der Waals surface area contributed by atoms with Gasteiger partial charge in [0, 0.05) is 18.4 Å². The fourth-order valence-electron chi connectivity index (χ4n) is 1.71. The van der Waals surface area contributed by atoms with Crippen LogP contribution in [0.1, 0.15) is 18.5 Å². The average Bonchev–Trinajstić information content (AvgIpc) is 2.42. The number of halogens is 1. The van der Waals surface area contributed by atoms with Gasteiger partial charge in [-0.3, -0.25) is 4.98 Å². The Bertz CT molecular complexity index is 705. The Hall–Kier alpha value is -1.63. The quantitative estimate of drug-likeness (QED) is 0.849. The molecule has 0 spiro atoms. The molecular formula is C13H14ClN3O2S. The Morgan fingerprint density at radius 1 is 1.25 bits per heavy atom. The maximum Gasteiger partial charge on any atom is 0.241 e. The number of nitrogens with one attached hydrogen (secondary N) is 1. The number of hydrogen-bond donors (Lipinski definition) is 2. The molecule has 1 unspecified atom stereocenters. The molecule has 0 radical (unpaired) electrons. The van der Waals surface area contributed by atoms with Crippen molar-refractivity contribution in [3.05, 3.63) is 53.3 Å². The Kier molecular flexibility index (Phi) is 4.27. The van der Waals surface area contributed by atoms with Crippen LogP contribution in [0.3, 0.4) is 0 Å². The zero-order valence-electron chi connectivity index (χ0n) is 10.7. The summed E-state index contributed by atoms with van der Waals surface area (Å²) in [6.45, 7) is 1.76. The lowest BCUT2D eigenvalue weighted by Gasteiger charge is -2.14. The number of nitrogens with two attached hydrogens (primary N) is 1. The second kappa shape index (κ2) is 5.78. The molecule has 5 nitrogen and oxygen atoms in total. The number of sulfonamides is 1. The van der Waals surface area contributed by atoms with E-state index in [4.69, 9.17) is 17.3 Å². The van der Waals surface area contributed by atoms with Crippen LogP contribution in [0.25, 0.3) is 0 Å². The normalized spacial score (nSPS) is 13.1. The minimum Gasteiger partial charge on any atom is -0.397 e. The predicted molar refractivity (Wildman–Crippen MR) is 78.8 cm³/mol. The number of nitrogen functional groups attached to an aromatic ring is 1. The van der Waals surface area contributed by atoms with E-state index in [1.165, 1.54) is 18.2 Å². The highest BCUT2D eigenvalue weighted by atomic mass is 35.5. The van der Waals surface area contributed by atoms with Gasteiger partial charge in [0.25, 0.3) is 0 Å². The number of hydrogen-bond acceptors (Lipinski definition) is 4. The molecular weight excluding hydrogens is 298 g/mol. The van der Waals surface area contributed by atoms with E-state index >= 15 is 0 Å². The van der Waals surface area contributed by atoms with Crippen molar-refractivity contribution in [1.82, 2.24) is 9.71 Å². The van der Waals surface area contributed by atoms with Crippen LogP contribution in [0.5, 0.6) is 0 Å². The van der Waals surface area contributed by atoms with Crippen molar-refractivity contribution in [2.75, 3.05) is 5.73 Å². The summed E-state index contributed by atoms with van der Waals surface area (Å²) in [6.07, 6.45) is 3.22. The minimum atomic E-state index is -3.66. The molecule has 0 saturated heterocycles. The maximum atomic E-state index is 12.3. The summed E-state index contributed by atoms with van der Waals surface area (Å²) in [5.41, 5.74) is 6.68. The van der Waals surface area contributed by atoms with Gasteiger partial charge in [0.05, 0.1) is 15.6 Å². The molecule has 1 heterocycles. The van der Waals surface area contributed by atoms with Crippen LogP contribution >= 0.6 is 11.6 Å². The van der Waals surface area contributed by atoms with Crippen molar-refractivity contribution >= 4 is 27.3 Å². The fourth-order valence-corrected chi connectivity index (χ4v) is 3.09. The molecule has 106 valence electrons. The minimum absolute atomic E-state index is 0.0836. The largest absolute Gasteiger partial charge is 0.397 e. The second-order valence-electron chi connectivity index (χ2n) is 4.31. The van der Waals surface area contributed by atoms with E-state index in [-0.39, 0.29) is 16.6 Å². The molecule has 0 saturated carbocycles. The van der Waals surface area contributed by atoms with Gasteiger partial charge in [-0.05, 0) is 42.8 Å². The molecule has 1 atom stereocenters. The van der Waals surface area contributed by atoms with Crippen LogP contribution in [0, 0.1) is 0 Å². The van der Waals surface area contributed by atoms with Crippen LogP contribution in [-0.2, 0) is 10.0 Å². The van der Waals surface area contributed by atoms with E-state index in [2.05, 4.69) is 9.71 Å². The lowest BCUT2D eigenvalue weighted by Crippen LogP contribution is -2.27. The summed E-state index contributed by atoms with van der Waals surface area (Å²) in [5, 5.41) is 0.325. The van der Waals surface area contributed by atoms with E-state index in [0.29, 0.717) is 5.02 Å². The van der Waals surface area contributed by atoms with Crippen LogP contribution in [0.4, 0.5) is 5.69 Å². The van der Waals surface area contributed by atoms with Crippen LogP contribution in [0.15, 0.2) is 47.6 Å². The first-order valence-corrected chi connectivity index (χ1v) is 7.73. The third kappa shape index (κ3) is 3.27. The SMILES string of the molecule is CC(NS(=O)(=O)c1ccc(Cl)c(N)c1)c1ccncc1. The number of nitrogens with zero attached hydrogens (tertiary/aromatic N) is 1. The molecule has 20 heavy (non-hydrogen) atoms. The highest BCUT2D eigenvalue weighted by molar-refractivity contribution is 7.89. The molecule has 2 rings (SSSR count). The Balaban J connectivity index is 2.25. The molecule has 2 aromatic rings. The topological polar surface area (TPSA) is 85.1 Å². The van der Waals surface area contributed by atoms with Crippen LogP contribution in [-0.4, -0.2) is 13.4 Å². The monoisotopic (exact) mass is 311 g/mol. The van der Waals surface area contributed by atoms with Gasteiger partial charge in [-0.1, -0.05) is 11.6 Å². The third-order valence-corrected chi connectivity index (χ3v) is 4.70. The Morgan fingerprint density at radius 2 is 1.90 bits per heavy atom. The van der Waals surface area contributed by atoms with Crippen molar-refractivity contribution in [3.63, 3.8) is 0 Å². The van der Waals surface area contributed by atoms with E-state index < -0.39 is 10.0 Å². The molecule has 1 aromatic carbocycles. The molecule has 0 amide bonds. The molecule has 1 aromatic heterocycles. The van der Waals surface area contributed by atoms with Crippen molar-refractivity contribution < 1.29 is 8.42 Å². The van der Waals surface area contributed by atoms with Gasteiger partial charge in [-0.25, -0.2) is 13.1 Å². The smallest absolute Gasteiger partial charge is 0.241 e. The second-order valence-corrected chi connectivity index (χ2v) is 6.43. The Labute approximate surface area is 122 Å². The summed E-state index contributed by atoms with van der Waals surface area (Å²) >= 11 is 5.79. The third-order valence-electron chi connectivity index (χ3n) is 2.82. The standard InChI is InChI=1S/C13H14ClN3O2S/c1-9(10-4-6-16-7-5-10)17-20(18,19)11-2-3-12(14)13(15)8-11/h2-9,17H,15H2,1H3. The predicted octanol–water partition coefficient (Wildman–Crippen LogP) is 2.36. The first kappa shape index (κ1) is 14.8. The summed E-state index contributed by atoms with van der Waals surface area (Å²) in [6, 6.07) is 7.35. The summed E-state index contributed by atoms with van der Waals surface area (Å²) in [4.78, 5) is 3.98. The molecule has 7 heteroatoms. The molecule has 3 N–H and O–H groups in total. The molecule has 0 aliphatic carbocycles. The van der Waals surface area contributed by atoms with Crippen LogP contribution in [0.2, 0.25) is 5.02 Å². The highest BCUT2D eigenvalue weighted by Gasteiger charge is 2.19. The fraction of sp³-hybridized carbons (Fsp3) is 0.154.